The van der Waals surface area contributed by atoms with Gasteiger partial charge in [-0.05, 0) is 24.6 Å². The summed E-state index contributed by atoms with van der Waals surface area (Å²) < 4.78 is 5.26. The normalized spacial score (nSPS) is 14.2. The van der Waals surface area contributed by atoms with Gasteiger partial charge in [0.25, 0.3) is 17.8 Å². The fourth-order valence-corrected chi connectivity index (χ4v) is 3.14. The van der Waals surface area contributed by atoms with E-state index in [1.165, 1.54) is 4.90 Å². The van der Waals surface area contributed by atoms with E-state index in [0.29, 0.717) is 46.5 Å². The summed E-state index contributed by atoms with van der Waals surface area (Å²) >= 11 is 4.06. The van der Waals surface area contributed by atoms with Crippen LogP contribution in [0.3, 0.4) is 0 Å². The fraction of sp³-hybridized carbons (Fsp3) is 0.316. The maximum atomic E-state index is 12.8. The van der Waals surface area contributed by atoms with E-state index in [9.17, 15) is 9.59 Å². The summed E-state index contributed by atoms with van der Waals surface area (Å²) in [6.07, 6.45) is 1.69. The maximum Gasteiger partial charge on any atom is 0.287 e. The third-order valence-corrected chi connectivity index (χ3v) is 4.46. The van der Waals surface area contributed by atoms with Crippen molar-refractivity contribution in [1.29, 1.82) is 0 Å². The summed E-state index contributed by atoms with van der Waals surface area (Å²) in [4.78, 5) is 31.2. The Kier molecular flexibility index (Phi) is 5.46. The molecule has 136 valence electrons. The second kappa shape index (κ2) is 7.78. The molecular weight excluding hydrogens is 350 g/mol. The molecule has 0 aromatic heterocycles. The molecule has 1 aliphatic rings. The van der Waals surface area contributed by atoms with Gasteiger partial charge in [0.15, 0.2) is 0 Å². The van der Waals surface area contributed by atoms with Crippen LogP contribution in [-0.4, -0.2) is 41.6 Å². The zero-order valence-electron chi connectivity index (χ0n) is 14.6. The summed E-state index contributed by atoms with van der Waals surface area (Å²) in [7, 11) is 0. The van der Waals surface area contributed by atoms with Gasteiger partial charge in [-0.25, -0.2) is 0 Å². The van der Waals surface area contributed by atoms with Gasteiger partial charge >= 0.3 is 0 Å². The number of hydrogen-bond acceptors (Lipinski definition) is 5. The van der Waals surface area contributed by atoms with Gasteiger partial charge in [-0.3, -0.25) is 14.5 Å². The number of amidine groups is 1. The second-order valence-corrected chi connectivity index (χ2v) is 6.45. The van der Waals surface area contributed by atoms with E-state index in [-0.39, 0.29) is 17.8 Å². The minimum Gasteiger partial charge on any atom is -0.464 e. The van der Waals surface area contributed by atoms with Crippen molar-refractivity contribution in [2.75, 3.05) is 18.9 Å². The predicted octanol–water partition coefficient (Wildman–Crippen LogP) is 3.13. The molecule has 7 heteroatoms. The molecule has 0 aliphatic carbocycles. The van der Waals surface area contributed by atoms with Crippen molar-refractivity contribution in [2.45, 2.75) is 19.8 Å². The highest BCUT2D eigenvalue weighted by atomic mass is 32.1. The molecule has 1 aliphatic heterocycles. The number of benzene rings is 2. The van der Waals surface area contributed by atoms with Gasteiger partial charge in [0.1, 0.15) is 6.61 Å². The quantitative estimate of drug-likeness (QED) is 0.354. The third-order valence-electron chi connectivity index (χ3n) is 4.28. The lowest BCUT2D eigenvalue weighted by Crippen LogP contribution is -2.40. The van der Waals surface area contributed by atoms with Gasteiger partial charge in [-0.1, -0.05) is 25.5 Å². The monoisotopic (exact) mass is 371 g/mol. The minimum absolute atomic E-state index is 0.0257. The number of aliphatic imine (C=N–C) groups is 1. The number of rotatable bonds is 6. The van der Waals surface area contributed by atoms with Crippen LogP contribution >= 0.6 is 12.6 Å². The number of carbonyl (C=O) groups is 2. The van der Waals surface area contributed by atoms with Gasteiger partial charge in [0, 0.05) is 34.2 Å². The second-order valence-electron chi connectivity index (χ2n) is 6.00. The first-order chi connectivity index (χ1) is 12.6. The number of nitrogens with zero attached hydrogens (tertiary/aromatic N) is 2. The van der Waals surface area contributed by atoms with E-state index in [2.05, 4.69) is 17.6 Å². The summed E-state index contributed by atoms with van der Waals surface area (Å²) in [5, 5.41) is 1.33. The van der Waals surface area contributed by atoms with Crippen molar-refractivity contribution in [3.8, 4) is 0 Å². The largest absolute Gasteiger partial charge is 0.464 e. The van der Waals surface area contributed by atoms with Crippen LogP contribution in [0.4, 0.5) is 5.69 Å². The van der Waals surface area contributed by atoms with E-state index >= 15 is 0 Å². The number of hydrogen-bond donors (Lipinski definition) is 2. The zero-order chi connectivity index (χ0) is 18.7. The third kappa shape index (κ3) is 3.26. The lowest BCUT2D eigenvalue weighted by atomic mass is 9.93. The van der Waals surface area contributed by atoms with Gasteiger partial charge in [0.2, 0.25) is 0 Å². The molecule has 1 heterocycles. The average Bonchev–Trinajstić information content (AvgIpc) is 2.65. The number of imide groups is 1. The highest BCUT2D eigenvalue weighted by molar-refractivity contribution is 7.80. The molecule has 0 radical (unpaired) electrons. The first-order valence-electron chi connectivity index (χ1n) is 8.58. The van der Waals surface area contributed by atoms with Crippen LogP contribution in [0.25, 0.3) is 10.8 Å². The Bertz CT molecular complexity index is 873. The van der Waals surface area contributed by atoms with Crippen LogP contribution in [0.15, 0.2) is 35.3 Å². The average molecular weight is 371 g/mol. The molecule has 2 N–H and O–H groups in total. The molecule has 2 aromatic carbocycles. The van der Waals surface area contributed by atoms with E-state index < -0.39 is 0 Å². The topological polar surface area (TPSA) is 85.0 Å². The molecule has 0 saturated carbocycles. The number of thiol groups is 1. The first kappa shape index (κ1) is 18.3. The minimum atomic E-state index is -0.262. The lowest BCUT2D eigenvalue weighted by Gasteiger charge is -2.27. The van der Waals surface area contributed by atoms with Crippen molar-refractivity contribution >= 4 is 46.9 Å². The molecule has 0 bridgehead atoms. The molecule has 0 spiro atoms. The predicted molar refractivity (Wildman–Crippen MR) is 105 cm³/mol. The van der Waals surface area contributed by atoms with Gasteiger partial charge < -0.3 is 10.5 Å². The van der Waals surface area contributed by atoms with Crippen LogP contribution < -0.4 is 5.73 Å². The first-order valence-corrected chi connectivity index (χ1v) is 9.21. The lowest BCUT2D eigenvalue weighted by molar-refractivity contribution is 0.0608. The Labute approximate surface area is 157 Å². The number of nitrogens with two attached hydrogens (primary N) is 1. The highest BCUT2D eigenvalue weighted by Crippen LogP contribution is 2.35. The van der Waals surface area contributed by atoms with E-state index in [1.807, 2.05) is 13.0 Å². The van der Waals surface area contributed by atoms with Crippen LogP contribution in [0.1, 0.15) is 40.5 Å². The molecule has 6 nitrogen and oxygen atoms in total. The van der Waals surface area contributed by atoms with Crippen molar-refractivity contribution in [2.24, 2.45) is 10.7 Å². The standard InChI is InChI=1S/C19H21N3O3S/c1-2-3-9-22-17(23)13-6-4-5-12-15(21-19(20)25-10-11-26)8-7-14(16(12)13)18(22)24/h4-8,26H,2-3,9-11H2,1H3,(H2,20,21). The van der Waals surface area contributed by atoms with Crippen LogP contribution in [0.5, 0.6) is 0 Å². The summed E-state index contributed by atoms with van der Waals surface area (Å²) in [6.45, 7) is 2.80. The van der Waals surface area contributed by atoms with E-state index in [1.54, 1.807) is 24.3 Å². The van der Waals surface area contributed by atoms with E-state index in [0.717, 1.165) is 12.8 Å². The molecule has 2 amide bonds. The molecule has 0 unspecified atom stereocenters. The smallest absolute Gasteiger partial charge is 0.287 e. The Balaban J connectivity index is 2.10. The Morgan fingerprint density at radius 2 is 1.92 bits per heavy atom. The maximum absolute atomic E-state index is 12.8. The Morgan fingerprint density at radius 1 is 1.19 bits per heavy atom. The fourth-order valence-electron chi connectivity index (χ4n) is 3.05. The van der Waals surface area contributed by atoms with E-state index in [4.69, 9.17) is 10.5 Å². The Hall–Kier alpha value is -2.54. The molecule has 2 aromatic rings. The van der Waals surface area contributed by atoms with Crippen molar-refractivity contribution < 1.29 is 14.3 Å². The zero-order valence-corrected chi connectivity index (χ0v) is 15.5. The molecule has 3 rings (SSSR count). The highest BCUT2D eigenvalue weighted by Gasteiger charge is 2.32. The van der Waals surface area contributed by atoms with Gasteiger partial charge in [-0.15, -0.1) is 0 Å². The number of ether oxygens (including phenoxy) is 1. The summed E-state index contributed by atoms with van der Waals surface area (Å²) in [5.74, 6) is 0.000337. The molecule has 26 heavy (non-hydrogen) atoms. The Morgan fingerprint density at radius 3 is 2.62 bits per heavy atom. The van der Waals surface area contributed by atoms with Gasteiger partial charge in [-0.2, -0.15) is 17.6 Å². The van der Waals surface area contributed by atoms with Crippen molar-refractivity contribution in [3.05, 3.63) is 41.5 Å². The van der Waals surface area contributed by atoms with Gasteiger partial charge in [0.05, 0.1) is 5.69 Å². The van der Waals surface area contributed by atoms with Crippen LogP contribution in [0, 0.1) is 0 Å². The van der Waals surface area contributed by atoms with Crippen LogP contribution in [-0.2, 0) is 4.74 Å². The van der Waals surface area contributed by atoms with Crippen molar-refractivity contribution in [3.63, 3.8) is 0 Å². The SMILES string of the molecule is CCCCN1C(=O)c2cccc3c(N=C(N)OCCS)ccc(c23)C1=O. The number of carbonyl (C=O) groups excluding carboxylic acids is 2. The molecular formula is C19H21N3O3S. The summed E-state index contributed by atoms with van der Waals surface area (Å²) in [6, 6.07) is 8.81. The number of unbranched alkanes of at least 4 members (excludes halogenated alkanes) is 1. The summed E-state index contributed by atoms with van der Waals surface area (Å²) in [5.41, 5.74) is 7.38. The molecule has 0 atom stereocenters. The number of amides is 2. The van der Waals surface area contributed by atoms with Crippen LogP contribution in [0.2, 0.25) is 0 Å². The molecule has 0 saturated heterocycles. The molecule has 0 fully saturated rings. The van der Waals surface area contributed by atoms with Crippen molar-refractivity contribution in [1.82, 2.24) is 4.90 Å².